The van der Waals surface area contributed by atoms with E-state index in [1.165, 1.54) is 12.1 Å². The van der Waals surface area contributed by atoms with Gasteiger partial charge >= 0.3 is 5.97 Å². The zero-order valence-corrected chi connectivity index (χ0v) is 9.63. The van der Waals surface area contributed by atoms with Gasteiger partial charge < -0.3 is 21.1 Å². The van der Waals surface area contributed by atoms with E-state index >= 15 is 0 Å². The van der Waals surface area contributed by atoms with Crippen LogP contribution in [-0.4, -0.2) is 27.3 Å². The summed E-state index contributed by atoms with van der Waals surface area (Å²) in [4.78, 5) is 10.7. The van der Waals surface area contributed by atoms with Gasteiger partial charge in [0.25, 0.3) is 0 Å². The molecule has 2 atom stereocenters. The first-order valence-electron chi connectivity index (χ1n) is 5.46. The first kappa shape index (κ1) is 13.3. The fraction of sp³-hybridized carbons (Fsp3) is 0.417. The van der Waals surface area contributed by atoms with Crippen molar-refractivity contribution in [3.05, 3.63) is 23.8 Å². The van der Waals surface area contributed by atoms with Gasteiger partial charge in [-0.3, -0.25) is 4.79 Å². The average molecular weight is 239 g/mol. The highest BCUT2D eigenvalue weighted by atomic mass is 16.4. The minimum Gasteiger partial charge on any atom is -0.508 e. The average Bonchev–Trinajstić information content (AvgIpc) is 2.26. The van der Waals surface area contributed by atoms with Gasteiger partial charge in [-0.1, -0.05) is 13.0 Å². The van der Waals surface area contributed by atoms with Gasteiger partial charge in [-0.15, -0.1) is 0 Å². The maximum atomic E-state index is 10.7. The first-order valence-corrected chi connectivity index (χ1v) is 5.46. The molecule has 5 N–H and O–H groups in total. The highest BCUT2D eigenvalue weighted by Crippen LogP contribution is 2.33. The summed E-state index contributed by atoms with van der Waals surface area (Å²) >= 11 is 0. The number of rotatable bonds is 5. The quantitative estimate of drug-likeness (QED) is 0.621. The molecule has 1 aromatic rings. The summed E-state index contributed by atoms with van der Waals surface area (Å²) in [6, 6.07) is 3.34. The molecule has 0 aliphatic carbocycles. The molecule has 5 nitrogen and oxygen atoms in total. The Morgan fingerprint density at radius 1 is 1.41 bits per heavy atom. The summed E-state index contributed by atoms with van der Waals surface area (Å²) in [6.45, 7) is 1.89. The highest BCUT2D eigenvalue weighted by molar-refractivity contribution is 5.73. The van der Waals surface area contributed by atoms with Crippen LogP contribution in [0.5, 0.6) is 11.5 Å². The summed E-state index contributed by atoms with van der Waals surface area (Å²) in [7, 11) is 0. The van der Waals surface area contributed by atoms with E-state index in [1.807, 2.05) is 6.92 Å². The number of aliphatic carboxylic acids is 1. The minimum absolute atomic E-state index is 0.0244. The molecule has 1 rings (SSSR count). The second-order valence-corrected chi connectivity index (χ2v) is 4.03. The molecule has 0 aliphatic rings. The zero-order chi connectivity index (χ0) is 13.0. The lowest BCUT2D eigenvalue weighted by Crippen LogP contribution is -2.31. The number of carboxylic acids is 1. The molecule has 0 amide bonds. The van der Waals surface area contributed by atoms with Crippen molar-refractivity contribution in [1.82, 2.24) is 0 Å². The number of benzene rings is 1. The predicted octanol–water partition coefficient (Wildman–Crippen LogP) is 1.39. The third-order valence-corrected chi connectivity index (χ3v) is 2.80. The van der Waals surface area contributed by atoms with Gasteiger partial charge in [-0.05, 0) is 30.4 Å². The van der Waals surface area contributed by atoms with E-state index in [2.05, 4.69) is 0 Å². The summed E-state index contributed by atoms with van der Waals surface area (Å²) in [5.74, 6) is -1.25. The van der Waals surface area contributed by atoms with Crippen LogP contribution in [-0.2, 0) is 4.79 Å². The zero-order valence-electron chi connectivity index (χ0n) is 9.63. The Morgan fingerprint density at radius 3 is 2.53 bits per heavy atom. The molecule has 0 aromatic heterocycles. The molecule has 17 heavy (non-hydrogen) atoms. The maximum absolute atomic E-state index is 10.7. The number of phenolic OH excluding ortho intramolecular Hbond substituents is 2. The van der Waals surface area contributed by atoms with Gasteiger partial charge in [0.1, 0.15) is 17.5 Å². The normalized spacial score (nSPS) is 14.2. The van der Waals surface area contributed by atoms with Crippen LogP contribution in [0, 0.1) is 0 Å². The van der Waals surface area contributed by atoms with Crippen molar-refractivity contribution in [2.45, 2.75) is 31.7 Å². The van der Waals surface area contributed by atoms with Crippen molar-refractivity contribution in [3.8, 4) is 11.5 Å². The highest BCUT2D eigenvalue weighted by Gasteiger charge is 2.21. The molecular weight excluding hydrogens is 222 g/mol. The van der Waals surface area contributed by atoms with Gasteiger partial charge in [-0.25, -0.2) is 0 Å². The molecule has 2 unspecified atom stereocenters. The topological polar surface area (TPSA) is 104 Å². The Bertz CT molecular complexity index is 405. The summed E-state index contributed by atoms with van der Waals surface area (Å²) in [6.07, 6.45) is 0.920. The third kappa shape index (κ3) is 3.35. The van der Waals surface area contributed by atoms with E-state index in [9.17, 15) is 15.0 Å². The number of phenols is 2. The monoisotopic (exact) mass is 239 g/mol. The van der Waals surface area contributed by atoms with Crippen LogP contribution in [0.2, 0.25) is 0 Å². The van der Waals surface area contributed by atoms with Crippen molar-refractivity contribution < 1.29 is 20.1 Å². The largest absolute Gasteiger partial charge is 0.508 e. The van der Waals surface area contributed by atoms with Crippen LogP contribution in [0.25, 0.3) is 0 Å². The van der Waals surface area contributed by atoms with Gasteiger partial charge in [0.15, 0.2) is 0 Å². The van der Waals surface area contributed by atoms with E-state index in [1.54, 1.807) is 6.07 Å². The number of aromatic hydroxyl groups is 2. The third-order valence-electron chi connectivity index (χ3n) is 2.80. The lowest BCUT2D eigenvalue weighted by molar-refractivity contribution is -0.138. The number of carbonyl (C=O) groups is 1. The molecule has 0 spiro atoms. The van der Waals surface area contributed by atoms with Gasteiger partial charge in [0.05, 0.1) is 0 Å². The molecule has 0 saturated heterocycles. The Kier molecular flexibility index (Phi) is 4.34. The Balaban J connectivity index is 2.90. The van der Waals surface area contributed by atoms with Crippen LogP contribution in [0.3, 0.4) is 0 Å². The number of nitrogens with two attached hydrogens (primary N) is 1. The van der Waals surface area contributed by atoms with Crippen molar-refractivity contribution in [2.75, 3.05) is 0 Å². The molecule has 94 valence electrons. The van der Waals surface area contributed by atoms with E-state index in [0.717, 1.165) is 0 Å². The van der Waals surface area contributed by atoms with Crippen LogP contribution in [0.1, 0.15) is 31.2 Å². The van der Waals surface area contributed by atoms with Gasteiger partial charge in [-0.2, -0.15) is 0 Å². The number of hydrogen-bond donors (Lipinski definition) is 4. The minimum atomic E-state index is -1.05. The smallest absolute Gasteiger partial charge is 0.320 e. The molecule has 0 bridgehead atoms. The fourth-order valence-corrected chi connectivity index (χ4v) is 1.80. The van der Waals surface area contributed by atoms with Crippen molar-refractivity contribution >= 4 is 5.97 Å². The van der Waals surface area contributed by atoms with Gasteiger partial charge in [0, 0.05) is 6.07 Å². The lowest BCUT2D eigenvalue weighted by Gasteiger charge is -2.18. The van der Waals surface area contributed by atoms with Crippen molar-refractivity contribution in [2.24, 2.45) is 5.73 Å². The molecule has 0 radical (unpaired) electrons. The van der Waals surface area contributed by atoms with Crippen LogP contribution >= 0.6 is 0 Å². The molecule has 0 heterocycles. The number of carboxylic acid groups (broad SMARTS) is 1. The Labute approximate surface area is 99.5 Å². The second-order valence-electron chi connectivity index (χ2n) is 4.03. The molecular formula is C12H17NO4. The molecule has 1 aromatic carbocycles. The lowest BCUT2D eigenvalue weighted by atomic mass is 9.89. The molecule has 0 fully saturated rings. The van der Waals surface area contributed by atoms with E-state index in [4.69, 9.17) is 10.8 Å². The predicted molar refractivity (Wildman–Crippen MR) is 63.0 cm³/mol. The SMILES string of the molecule is CCC(CC(N)C(=O)O)c1ccc(O)cc1O. The molecule has 0 saturated carbocycles. The van der Waals surface area contributed by atoms with E-state index in [-0.39, 0.29) is 23.8 Å². The van der Waals surface area contributed by atoms with Crippen LogP contribution < -0.4 is 5.73 Å². The summed E-state index contributed by atoms with van der Waals surface area (Å²) < 4.78 is 0. The van der Waals surface area contributed by atoms with Crippen molar-refractivity contribution in [1.29, 1.82) is 0 Å². The fourth-order valence-electron chi connectivity index (χ4n) is 1.80. The van der Waals surface area contributed by atoms with Crippen molar-refractivity contribution in [3.63, 3.8) is 0 Å². The molecule has 0 aliphatic heterocycles. The Morgan fingerprint density at radius 2 is 2.06 bits per heavy atom. The number of hydrogen-bond acceptors (Lipinski definition) is 4. The van der Waals surface area contributed by atoms with Gasteiger partial charge in [0.2, 0.25) is 0 Å². The summed E-state index contributed by atoms with van der Waals surface area (Å²) in [5.41, 5.74) is 6.09. The van der Waals surface area contributed by atoms with E-state index < -0.39 is 12.0 Å². The summed E-state index contributed by atoms with van der Waals surface area (Å²) in [5, 5.41) is 27.6. The first-order chi connectivity index (χ1) is 7.95. The Hall–Kier alpha value is -1.75. The maximum Gasteiger partial charge on any atom is 0.320 e. The van der Waals surface area contributed by atoms with Crippen LogP contribution in [0.4, 0.5) is 0 Å². The molecule has 5 heteroatoms. The standard InChI is InChI=1S/C12H17NO4/c1-2-7(5-10(13)12(16)17)9-4-3-8(14)6-11(9)15/h3-4,6-7,10,14-15H,2,5,13H2,1H3,(H,16,17). The second kappa shape index (κ2) is 5.54. The van der Waals surface area contributed by atoms with E-state index in [0.29, 0.717) is 12.0 Å². The van der Waals surface area contributed by atoms with Crippen LogP contribution in [0.15, 0.2) is 18.2 Å².